The number of nitro benzene ring substituents is 1. The van der Waals surface area contributed by atoms with Crippen molar-refractivity contribution in [1.29, 1.82) is 0 Å². The number of nitrogen functional groups attached to an aromatic ring is 1. The Labute approximate surface area is 142 Å². The zero-order valence-electron chi connectivity index (χ0n) is 12.9. The number of aromatic hydroxyl groups is 1. The number of non-ortho nitro benzene ring substituents is 1. The van der Waals surface area contributed by atoms with Crippen LogP contribution in [0.25, 0.3) is 11.3 Å². The predicted octanol–water partition coefficient (Wildman–Crippen LogP) is 3.18. The topological polar surface area (TPSA) is 119 Å². The van der Waals surface area contributed by atoms with Crippen molar-refractivity contribution < 1.29 is 14.8 Å². The van der Waals surface area contributed by atoms with Crippen LogP contribution >= 0.6 is 0 Å². The van der Waals surface area contributed by atoms with Gasteiger partial charge in [-0.15, -0.1) is 0 Å². The van der Waals surface area contributed by atoms with E-state index in [-0.39, 0.29) is 22.6 Å². The molecule has 0 bridgehead atoms. The molecule has 0 unspecified atom stereocenters. The molecular weight excluding hydrogens is 322 g/mol. The normalized spacial score (nSPS) is 10.4. The number of anilines is 1. The van der Waals surface area contributed by atoms with E-state index in [1.165, 1.54) is 12.3 Å². The van der Waals surface area contributed by atoms with Crippen molar-refractivity contribution in [2.24, 2.45) is 0 Å². The molecule has 7 nitrogen and oxygen atoms in total. The predicted molar refractivity (Wildman–Crippen MR) is 92.3 cm³/mol. The highest BCUT2D eigenvalue weighted by atomic mass is 16.6. The molecular formula is C18H13N3O4. The van der Waals surface area contributed by atoms with Gasteiger partial charge in [0.15, 0.2) is 5.78 Å². The first-order chi connectivity index (χ1) is 12.0. The first-order valence-electron chi connectivity index (χ1n) is 7.30. The van der Waals surface area contributed by atoms with Gasteiger partial charge in [-0.1, -0.05) is 30.3 Å². The molecule has 0 amide bonds. The molecule has 3 N–H and O–H groups in total. The average molecular weight is 335 g/mol. The molecule has 0 radical (unpaired) electrons. The van der Waals surface area contributed by atoms with Crippen molar-refractivity contribution in [2.45, 2.75) is 0 Å². The molecule has 25 heavy (non-hydrogen) atoms. The summed E-state index contributed by atoms with van der Waals surface area (Å²) < 4.78 is 0. The summed E-state index contributed by atoms with van der Waals surface area (Å²) in [5, 5.41) is 20.7. The minimum Gasteiger partial charge on any atom is -0.507 e. The van der Waals surface area contributed by atoms with Crippen LogP contribution in [0.3, 0.4) is 0 Å². The van der Waals surface area contributed by atoms with E-state index < -0.39 is 10.7 Å². The smallest absolute Gasteiger partial charge is 0.270 e. The van der Waals surface area contributed by atoms with Crippen LogP contribution in [-0.4, -0.2) is 20.8 Å². The lowest BCUT2D eigenvalue weighted by molar-refractivity contribution is -0.384. The van der Waals surface area contributed by atoms with Crippen LogP contribution in [0, 0.1) is 10.1 Å². The highest BCUT2D eigenvalue weighted by molar-refractivity contribution is 6.11. The van der Waals surface area contributed by atoms with Gasteiger partial charge >= 0.3 is 0 Å². The number of benzene rings is 2. The van der Waals surface area contributed by atoms with Gasteiger partial charge in [0.1, 0.15) is 5.75 Å². The van der Waals surface area contributed by atoms with Crippen LogP contribution < -0.4 is 5.73 Å². The van der Waals surface area contributed by atoms with E-state index in [0.717, 1.165) is 23.8 Å². The summed E-state index contributed by atoms with van der Waals surface area (Å²) in [6, 6.07) is 13.9. The Morgan fingerprint density at radius 1 is 1.12 bits per heavy atom. The molecule has 0 saturated heterocycles. The average Bonchev–Trinajstić information content (AvgIpc) is 2.62. The van der Waals surface area contributed by atoms with Gasteiger partial charge in [-0.3, -0.25) is 19.9 Å². The molecule has 3 rings (SSSR count). The second-order valence-corrected chi connectivity index (χ2v) is 5.32. The van der Waals surface area contributed by atoms with Crippen LogP contribution in [-0.2, 0) is 0 Å². The molecule has 0 aliphatic carbocycles. The van der Waals surface area contributed by atoms with Crippen molar-refractivity contribution in [1.82, 2.24) is 4.98 Å². The Balaban J connectivity index is 2.00. The Morgan fingerprint density at radius 2 is 1.84 bits per heavy atom. The van der Waals surface area contributed by atoms with E-state index in [1.54, 1.807) is 0 Å². The number of nitrogens with zero attached hydrogens (tertiary/aromatic N) is 2. The Bertz CT molecular complexity index is 971. The van der Waals surface area contributed by atoms with Gasteiger partial charge in [-0.2, -0.15) is 0 Å². The van der Waals surface area contributed by atoms with E-state index in [0.29, 0.717) is 11.4 Å². The first-order valence-corrected chi connectivity index (χ1v) is 7.30. The van der Waals surface area contributed by atoms with Crippen molar-refractivity contribution >= 4 is 17.2 Å². The van der Waals surface area contributed by atoms with Crippen LogP contribution in [0.4, 0.5) is 11.4 Å². The van der Waals surface area contributed by atoms with Gasteiger partial charge < -0.3 is 10.8 Å². The van der Waals surface area contributed by atoms with Crippen molar-refractivity contribution in [3.8, 4) is 17.0 Å². The SMILES string of the molecule is Nc1cc(C(=O)c2cc([N+](=O)[O-])ccc2O)cnc1-c1ccccc1. The van der Waals surface area contributed by atoms with Crippen molar-refractivity contribution in [3.63, 3.8) is 0 Å². The Morgan fingerprint density at radius 3 is 2.48 bits per heavy atom. The van der Waals surface area contributed by atoms with Crippen LogP contribution in [0.15, 0.2) is 60.8 Å². The maximum atomic E-state index is 12.6. The number of nitrogens with two attached hydrogens (primary N) is 1. The van der Waals surface area contributed by atoms with Crippen LogP contribution in [0.2, 0.25) is 0 Å². The van der Waals surface area contributed by atoms with Gasteiger partial charge in [-0.25, -0.2) is 0 Å². The van der Waals surface area contributed by atoms with Crippen molar-refractivity contribution in [3.05, 3.63) is 82.0 Å². The lowest BCUT2D eigenvalue weighted by Gasteiger charge is -2.08. The summed E-state index contributed by atoms with van der Waals surface area (Å²) in [4.78, 5) is 27.0. The molecule has 0 fully saturated rings. The lowest BCUT2D eigenvalue weighted by Crippen LogP contribution is -2.05. The van der Waals surface area contributed by atoms with Gasteiger partial charge in [0.2, 0.25) is 0 Å². The van der Waals surface area contributed by atoms with Crippen LogP contribution in [0.1, 0.15) is 15.9 Å². The Hall–Kier alpha value is -3.74. The molecule has 0 saturated carbocycles. The van der Waals surface area contributed by atoms with Crippen molar-refractivity contribution in [2.75, 3.05) is 5.73 Å². The third-order valence-corrected chi connectivity index (χ3v) is 3.66. The number of aromatic nitrogens is 1. The van der Waals surface area contributed by atoms with Crippen LogP contribution in [0.5, 0.6) is 5.75 Å². The summed E-state index contributed by atoms with van der Waals surface area (Å²) in [5.74, 6) is -0.943. The summed E-state index contributed by atoms with van der Waals surface area (Å²) >= 11 is 0. The second-order valence-electron chi connectivity index (χ2n) is 5.32. The zero-order valence-corrected chi connectivity index (χ0v) is 12.9. The van der Waals surface area contributed by atoms with E-state index in [2.05, 4.69) is 4.98 Å². The number of carbonyl (C=O) groups excluding carboxylic acids is 1. The fraction of sp³-hybridized carbons (Fsp3) is 0. The molecule has 0 spiro atoms. The monoisotopic (exact) mass is 335 g/mol. The maximum absolute atomic E-state index is 12.6. The number of pyridine rings is 1. The molecule has 124 valence electrons. The molecule has 7 heteroatoms. The van der Waals surface area contributed by atoms with Gasteiger partial charge in [-0.05, 0) is 12.1 Å². The quantitative estimate of drug-likeness (QED) is 0.429. The minimum atomic E-state index is -0.638. The Kier molecular flexibility index (Phi) is 4.13. The van der Waals surface area contributed by atoms with E-state index in [9.17, 15) is 20.0 Å². The number of hydrogen-bond acceptors (Lipinski definition) is 6. The fourth-order valence-electron chi connectivity index (χ4n) is 2.42. The molecule has 0 aliphatic rings. The molecule has 1 aromatic heterocycles. The van der Waals surface area contributed by atoms with E-state index >= 15 is 0 Å². The summed E-state index contributed by atoms with van der Waals surface area (Å²) in [6.07, 6.45) is 1.33. The number of hydrogen-bond donors (Lipinski definition) is 2. The molecule has 0 atom stereocenters. The second kappa shape index (κ2) is 6.40. The zero-order chi connectivity index (χ0) is 18.0. The van der Waals surface area contributed by atoms with Gasteiger partial charge in [0.25, 0.3) is 5.69 Å². The lowest BCUT2D eigenvalue weighted by atomic mass is 10.0. The molecule has 1 heterocycles. The number of phenolic OH excluding ortho intramolecular Hbond substituents is 1. The number of rotatable bonds is 4. The first kappa shape index (κ1) is 16.1. The summed E-state index contributed by atoms with van der Waals surface area (Å²) in [5.41, 5.74) is 7.29. The molecule has 0 aliphatic heterocycles. The largest absolute Gasteiger partial charge is 0.507 e. The number of ketones is 1. The highest BCUT2D eigenvalue weighted by Gasteiger charge is 2.19. The van der Waals surface area contributed by atoms with Gasteiger partial charge in [0, 0.05) is 29.5 Å². The fourth-order valence-corrected chi connectivity index (χ4v) is 2.42. The van der Waals surface area contributed by atoms with E-state index in [4.69, 9.17) is 5.73 Å². The summed E-state index contributed by atoms with van der Waals surface area (Å²) in [7, 11) is 0. The number of phenols is 1. The minimum absolute atomic E-state index is 0.132. The third-order valence-electron chi connectivity index (χ3n) is 3.66. The molecule has 2 aromatic carbocycles. The number of carbonyl (C=O) groups is 1. The standard InChI is InChI=1S/C18H13N3O4/c19-15-8-12(10-20-17(15)11-4-2-1-3-5-11)18(23)14-9-13(21(24)25)6-7-16(14)22/h1-10,22H,19H2. The third kappa shape index (κ3) is 3.16. The van der Waals surface area contributed by atoms with E-state index in [1.807, 2.05) is 30.3 Å². The molecule has 3 aromatic rings. The number of nitro groups is 1. The highest BCUT2D eigenvalue weighted by Crippen LogP contribution is 2.28. The summed E-state index contributed by atoms with van der Waals surface area (Å²) in [6.45, 7) is 0. The maximum Gasteiger partial charge on any atom is 0.270 e. The van der Waals surface area contributed by atoms with Gasteiger partial charge in [0.05, 0.1) is 21.9 Å².